The smallest absolute Gasteiger partial charge is 0.258 e. The lowest BCUT2D eigenvalue weighted by Crippen LogP contribution is -2.15. The zero-order chi connectivity index (χ0) is 16.1. The van der Waals surface area contributed by atoms with Crippen LogP contribution < -0.4 is 10.6 Å². The first kappa shape index (κ1) is 15.9. The van der Waals surface area contributed by atoms with Gasteiger partial charge in [0, 0.05) is 24.6 Å². The number of hydrogen-bond donors (Lipinski definition) is 2. The highest BCUT2D eigenvalue weighted by Crippen LogP contribution is 2.20. The SMILES string of the molecule is Cc1cccc(C)c1NC(=O)c1cnc(NCC(C)C)nc1. The van der Waals surface area contributed by atoms with Crippen LogP contribution in [-0.4, -0.2) is 22.4 Å². The molecule has 0 aliphatic rings. The Morgan fingerprint density at radius 2 is 1.73 bits per heavy atom. The summed E-state index contributed by atoms with van der Waals surface area (Å²) >= 11 is 0. The summed E-state index contributed by atoms with van der Waals surface area (Å²) in [6.45, 7) is 8.96. The zero-order valence-corrected chi connectivity index (χ0v) is 13.5. The van der Waals surface area contributed by atoms with Gasteiger partial charge < -0.3 is 10.6 Å². The van der Waals surface area contributed by atoms with Gasteiger partial charge in [0.05, 0.1) is 5.56 Å². The Morgan fingerprint density at radius 1 is 1.14 bits per heavy atom. The number of para-hydroxylation sites is 1. The maximum atomic E-state index is 12.3. The Hall–Kier alpha value is -2.43. The number of rotatable bonds is 5. The monoisotopic (exact) mass is 298 g/mol. The van der Waals surface area contributed by atoms with Gasteiger partial charge in [0.25, 0.3) is 5.91 Å². The summed E-state index contributed by atoms with van der Waals surface area (Å²) in [5, 5.41) is 6.05. The summed E-state index contributed by atoms with van der Waals surface area (Å²) in [7, 11) is 0. The number of anilines is 2. The van der Waals surface area contributed by atoms with E-state index in [9.17, 15) is 4.79 Å². The summed E-state index contributed by atoms with van der Waals surface area (Å²) in [6, 6.07) is 5.91. The number of aryl methyl sites for hydroxylation is 2. The van der Waals surface area contributed by atoms with Crippen LogP contribution in [0.1, 0.15) is 35.3 Å². The standard InChI is InChI=1S/C17H22N4O/c1-11(2)8-18-17-19-9-14(10-20-17)16(22)21-15-12(3)6-5-7-13(15)4/h5-7,9-11H,8H2,1-4H3,(H,21,22)(H,18,19,20). The minimum Gasteiger partial charge on any atom is -0.354 e. The largest absolute Gasteiger partial charge is 0.354 e. The molecular formula is C17H22N4O. The maximum absolute atomic E-state index is 12.3. The summed E-state index contributed by atoms with van der Waals surface area (Å²) in [5.41, 5.74) is 3.35. The molecule has 116 valence electrons. The predicted molar refractivity (Wildman–Crippen MR) is 89.2 cm³/mol. The van der Waals surface area contributed by atoms with Crippen LogP contribution in [0.4, 0.5) is 11.6 Å². The summed E-state index contributed by atoms with van der Waals surface area (Å²) in [6.07, 6.45) is 3.08. The second kappa shape index (κ2) is 7.02. The number of aromatic nitrogens is 2. The van der Waals surface area contributed by atoms with Crippen LogP contribution in [0.3, 0.4) is 0 Å². The van der Waals surface area contributed by atoms with Crippen molar-refractivity contribution < 1.29 is 4.79 Å². The van der Waals surface area contributed by atoms with Crippen LogP contribution in [0.15, 0.2) is 30.6 Å². The van der Waals surface area contributed by atoms with Crippen LogP contribution in [-0.2, 0) is 0 Å². The summed E-state index contributed by atoms with van der Waals surface area (Å²) in [4.78, 5) is 20.6. The van der Waals surface area contributed by atoms with E-state index < -0.39 is 0 Å². The van der Waals surface area contributed by atoms with Crippen LogP contribution in [0, 0.1) is 19.8 Å². The van der Waals surface area contributed by atoms with Gasteiger partial charge in [-0.3, -0.25) is 4.79 Å². The van der Waals surface area contributed by atoms with E-state index in [4.69, 9.17) is 0 Å². The molecule has 5 nitrogen and oxygen atoms in total. The van der Waals surface area contributed by atoms with E-state index in [0.717, 1.165) is 23.4 Å². The van der Waals surface area contributed by atoms with E-state index in [1.807, 2.05) is 32.0 Å². The van der Waals surface area contributed by atoms with Crippen molar-refractivity contribution in [3.05, 3.63) is 47.3 Å². The lowest BCUT2D eigenvalue weighted by atomic mass is 10.1. The van der Waals surface area contributed by atoms with Gasteiger partial charge in [-0.2, -0.15) is 0 Å². The molecule has 2 aromatic rings. The fourth-order valence-electron chi connectivity index (χ4n) is 2.03. The molecule has 0 aliphatic carbocycles. The minimum atomic E-state index is -0.201. The van der Waals surface area contributed by atoms with Crippen molar-refractivity contribution >= 4 is 17.5 Å². The molecule has 0 bridgehead atoms. The van der Waals surface area contributed by atoms with Crippen molar-refractivity contribution in [3.63, 3.8) is 0 Å². The maximum Gasteiger partial charge on any atom is 0.258 e. The molecule has 0 unspecified atom stereocenters. The van der Waals surface area contributed by atoms with Gasteiger partial charge in [-0.05, 0) is 30.9 Å². The van der Waals surface area contributed by atoms with E-state index in [0.29, 0.717) is 17.4 Å². The first-order valence-corrected chi connectivity index (χ1v) is 7.41. The van der Waals surface area contributed by atoms with Crippen LogP contribution >= 0.6 is 0 Å². The number of nitrogens with zero attached hydrogens (tertiary/aromatic N) is 2. The molecular weight excluding hydrogens is 276 g/mol. The molecule has 5 heteroatoms. The molecule has 1 amide bonds. The highest BCUT2D eigenvalue weighted by Gasteiger charge is 2.10. The van der Waals surface area contributed by atoms with E-state index >= 15 is 0 Å². The van der Waals surface area contributed by atoms with Crippen LogP contribution in [0.5, 0.6) is 0 Å². The zero-order valence-electron chi connectivity index (χ0n) is 13.5. The molecule has 0 fully saturated rings. The highest BCUT2D eigenvalue weighted by atomic mass is 16.1. The quantitative estimate of drug-likeness (QED) is 0.887. The number of benzene rings is 1. The van der Waals surface area contributed by atoms with Crippen molar-refractivity contribution in [1.29, 1.82) is 0 Å². The van der Waals surface area contributed by atoms with Gasteiger partial charge in [0.1, 0.15) is 0 Å². The third kappa shape index (κ3) is 4.04. The van der Waals surface area contributed by atoms with Gasteiger partial charge in [-0.15, -0.1) is 0 Å². The van der Waals surface area contributed by atoms with E-state index in [1.54, 1.807) is 12.4 Å². The van der Waals surface area contributed by atoms with Crippen molar-refractivity contribution in [2.24, 2.45) is 5.92 Å². The molecule has 0 radical (unpaired) electrons. The highest BCUT2D eigenvalue weighted by molar-refractivity contribution is 6.04. The Bertz CT molecular complexity index is 630. The Kier molecular flexibility index (Phi) is 5.09. The number of nitrogens with one attached hydrogen (secondary N) is 2. The number of carbonyl (C=O) groups excluding carboxylic acids is 1. The Balaban J connectivity index is 2.07. The lowest BCUT2D eigenvalue weighted by Gasteiger charge is -2.11. The van der Waals surface area contributed by atoms with Crippen LogP contribution in [0.25, 0.3) is 0 Å². The molecule has 1 aromatic carbocycles. The molecule has 2 rings (SSSR count). The molecule has 0 saturated heterocycles. The first-order chi connectivity index (χ1) is 10.5. The lowest BCUT2D eigenvalue weighted by molar-refractivity contribution is 0.102. The van der Waals surface area contributed by atoms with Gasteiger partial charge in [-0.1, -0.05) is 32.0 Å². The fraction of sp³-hybridized carbons (Fsp3) is 0.353. The normalized spacial score (nSPS) is 10.6. The van der Waals surface area contributed by atoms with Crippen molar-refractivity contribution in [2.75, 3.05) is 17.2 Å². The minimum absolute atomic E-state index is 0.201. The molecule has 0 aliphatic heterocycles. The van der Waals surface area contributed by atoms with E-state index in [1.165, 1.54) is 0 Å². The van der Waals surface area contributed by atoms with Crippen molar-refractivity contribution in [2.45, 2.75) is 27.7 Å². The molecule has 1 aromatic heterocycles. The number of carbonyl (C=O) groups is 1. The second-order valence-electron chi connectivity index (χ2n) is 5.79. The number of hydrogen-bond acceptors (Lipinski definition) is 4. The molecule has 0 saturated carbocycles. The van der Waals surface area contributed by atoms with Gasteiger partial charge in [-0.25, -0.2) is 9.97 Å². The third-order valence-electron chi connectivity index (χ3n) is 3.30. The molecule has 0 atom stereocenters. The van der Waals surface area contributed by atoms with Gasteiger partial charge >= 0.3 is 0 Å². The predicted octanol–water partition coefficient (Wildman–Crippen LogP) is 3.41. The van der Waals surface area contributed by atoms with Crippen LogP contribution in [0.2, 0.25) is 0 Å². The molecule has 2 N–H and O–H groups in total. The summed E-state index contributed by atoms with van der Waals surface area (Å²) < 4.78 is 0. The average molecular weight is 298 g/mol. The topological polar surface area (TPSA) is 66.9 Å². The first-order valence-electron chi connectivity index (χ1n) is 7.41. The third-order valence-corrected chi connectivity index (χ3v) is 3.30. The van der Waals surface area contributed by atoms with Crippen molar-refractivity contribution in [3.8, 4) is 0 Å². The van der Waals surface area contributed by atoms with Gasteiger partial charge in [0.2, 0.25) is 5.95 Å². The molecule has 22 heavy (non-hydrogen) atoms. The summed E-state index contributed by atoms with van der Waals surface area (Å²) in [5.74, 6) is 0.848. The average Bonchev–Trinajstić information content (AvgIpc) is 2.49. The van der Waals surface area contributed by atoms with Crippen molar-refractivity contribution in [1.82, 2.24) is 9.97 Å². The fourth-order valence-corrected chi connectivity index (χ4v) is 2.03. The molecule has 0 spiro atoms. The van der Waals surface area contributed by atoms with Gasteiger partial charge in [0.15, 0.2) is 0 Å². The Labute approximate surface area is 131 Å². The Morgan fingerprint density at radius 3 is 2.27 bits per heavy atom. The van der Waals surface area contributed by atoms with E-state index in [-0.39, 0.29) is 5.91 Å². The van der Waals surface area contributed by atoms with E-state index in [2.05, 4.69) is 34.4 Å². The molecule has 1 heterocycles. The second-order valence-corrected chi connectivity index (χ2v) is 5.79. The number of amides is 1.